The summed E-state index contributed by atoms with van der Waals surface area (Å²) in [5.74, 6) is 0. The summed E-state index contributed by atoms with van der Waals surface area (Å²) in [5, 5.41) is 13.5. The zero-order valence-corrected chi connectivity index (χ0v) is 11.4. The number of nitrogens with zero attached hydrogens (tertiary/aromatic N) is 4. The molecule has 2 rings (SSSR count). The van der Waals surface area contributed by atoms with Crippen molar-refractivity contribution >= 4 is 16.4 Å². The third kappa shape index (κ3) is 3.37. The second kappa shape index (κ2) is 5.76. The molecule has 0 spiro atoms. The molecular weight excluding hydrogens is 280 g/mol. The SMILES string of the molecule is Cc1ccc(S(=O)(=O)N=N/C=C2\C=CN=CN2O)cc1. The molecule has 1 N–H and O–H groups in total. The van der Waals surface area contributed by atoms with Gasteiger partial charge in [0.25, 0.3) is 10.0 Å². The normalized spacial score (nSPS) is 17.3. The average molecular weight is 292 g/mol. The van der Waals surface area contributed by atoms with Gasteiger partial charge >= 0.3 is 0 Å². The minimum absolute atomic E-state index is 0.0619. The maximum atomic E-state index is 11.9. The lowest BCUT2D eigenvalue weighted by molar-refractivity contribution is 0.0319. The van der Waals surface area contributed by atoms with Crippen LogP contribution in [0, 0.1) is 6.92 Å². The van der Waals surface area contributed by atoms with Crippen LogP contribution in [0.4, 0.5) is 0 Å². The average Bonchev–Trinajstić information content (AvgIpc) is 2.41. The van der Waals surface area contributed by atoms with Crippen molar-refractivity contribution in [2.24, 2.45) is 14.6 Å². The molecule has 1 aromatic rings. The van der Waals surface area contributed by atoms with E-state index in [1.165, 1.54) is 24.4 Å². The zero-order valence-electron chi connectivity index (χ0n) is 10.6. The van der Waals surface area contributed by atoms with Gasteiger partial charge in [0.2, 0.25) is 0 Å². The molecule has 8 heteroatoms. The van der Waals surface area contributed by atoms with Crippen molar-refractivity contribution < 1.29 is 13.6 Å². The molecule has 1 heterocycles. The number of hydrogen-bond donors (Lipinski definition) is 1. The summed E-state index contributed by atoms with van der Waals surface area (Å²) in [6.07, 6.45) is 5.16. The maximum absolute atomic E-state index is 11.9. The number of aryl methyl sites for hydroxylation is 1. The van der Waals surface area contributed by atoms with Gasteiger partial charge in [0.05, 0.1) is 16.8 Å². The number of sulfonamides is 1. The van der Waals surface area contributed by atoms with Crippen molar-refractivity contribution in [1.82, 2.24) is 5.06 Å². The minimum Gasteiger partial charge on any atom is -0.283 e. The Morgan fingerprint density at radius 3 is 2.65 bits per heavy atom. The lowest BCUT2D eigenvalue weighted by Crippen LogP contribution is -2.16. The van der Waals surface area contributed by atoms with Crippen LogP contribution in [0.3, 0.4) is 0 Å². The second-order valence-electron chi connectivity index (χ2n) is 3.96. The first-order valence-electron chi connectivity index (χ1n) is 5.61. The quantitative estimate of drug-likeness (QED) is 0.864. The van der Waals surface area contributed by atoms with Crippen molar-refractivity contribution in [2.75, 3.05) is 0 Å². The molecule has 0 fully saturated rings. The van der Waals surface area contributed by atoms with Crippen LogP contribution in [0.1, 0.15) is 5.56 Å². The first-order chi connectivity index (χ1) is 9.49. The summed E-state index contributed by atoms with van der Waals surface area (Å²) < 4.78 is 27.0. The third-order valence-corrected chi connectivity index (χ3v) is 3.61. The van der Waals surface area contributed by atoms with Crippen molar-refractivity contribution in [3.05, 3.63) is 54.0 Å². The topological polar surface area (TPSA) is 94.7 Å². The van der Waals surface area contributed by atoms with Gasteiger partial charge in [-0.15, -0.1) is 5.11 Å². The van der Waals surface area contributed by atoms with E-state index < -0.39 is 10.0 Å². The second-order valence-corrected chi connectivity index (χ2v) is 5.55. The highest BCUT2D eigenvalue weighted by atomic mass is 32.2. The molecule has 0 radical (unpaired) electrons. The number of rotatable bonds is 3. The van der Waals surface area contributed by atoms with E-state index in [0.717, 1.165) is 18.1 Å². The fraction of sp³-hybridized carbons (Fsp3) is 0.0833. The van der Waals surface area contributed by atoms with E-state index in [1.807, 2.05) is 6.92 Å². The number of hydroxylamine groups is 2. The molecule has 0 saturated heterocycles. The van der Waals surface area contributed by atoms with E-state index in [0.29, 0.717) is 5.06 Å². The fourth-order valence-corrected chi connectivity index (χ4v) is 2.11. The Morgan fingerprint density at radius 1 is 1.30 bits per heavy atom. The minimum atomic E-state index is -3.84. The molecule has 0 aromatic heterocycles. The Hall–Kier alpha value is -2.32. The highest BCUT2D eigenvalue weighted by molar-refractivity contribution is 7.90. The Labute approximate surface area is 116 Å². The lowest BCUT2D eigenvalue weighted by Gasteiger charge is -2.12. The predicted octanol–water partition coefficient (Wildman–Crippen LogP) is 2.22. The maximum Gasteiger partial charge on any atom is 0.299 e. The molecule has 1 aromatic carbocycles. The van der Waals surface area contributed by atoms with E-state index in [4.69, 9.17) is 0 Å². The van der Waals surface area contributed by atoms with E-state index in [2.05, 4.69) is 14.6 Å². The molecule has 7 nitrogen and oxygen atoms in total. The lowest BCUT2D eigenvalue weighted by atomic mass is 10.2. The smallest absolute Gasteiger partial charge is 0.283 e. The monoisotopic (exact) mass is 292 g/mol. The molecule has 0 unspecified atom stereocenters. The van der Waals surface area contributed by atoms with Crippen molar-refractivity contribution in [1.29, 1.82) is 0 Å². The highest BCUT2D eigenvalue weighted by Gasteiger charge is 2.12. The Morgan fingerprint density at radius 2 is 2.00 bits per heavy atom. The van der Waals surface area contributed by atoms with Crippen molar-refractivity contribution in [2.45, 2.75) is 11.8 Å². The van der Waals surface area contributed by atoms with Crippen LogP contribution in [-0.4, -0.2) is 25.0 Å². The van der Waals surface area contributed by atoms with Gasteiger partial charge in [0.1, 0.15) is 6.34 Å². The molecule has 0 bridgehead atoms. The van der Waals surface area contributed by atoms with E-state index in [1.54, 1.807) is 12.1 Å². The Kier molecular flexibility index (Phi) is 4.06. The van der Waals surface area contributed by atoms with E-state index in [-0.39, 0.29) is 10.6 Å². The molecule has 0 saturated carbocycles. The molecule has 0 aliphatic carbocycles. The highest BCUT2D eigenvalue weighted by Crippen LogP contribution is 2.14. The molecule has 20 heavy (non-hydrogen) atoms. The molecule has 1 aliphatic rings. The van der Waals surface area contributed by atoms with Crippen molar-refractivity contribution in [3.8, 4) is 0 Å². The molecule has 0 atom stereocenters. The van der Waals surface area contributed by atoms with Crippen molar-refractivity contribution in [3.63, 3.8) is 0 Å². The third-order valence-electron chi connectivity index (χ3n) is 2.44. The van der Waals surface area contributed by atoms with Crippen LogP contribution in [0.15, 0.2) is 68.0 Å². The summed E-state index contributed by atoms with van der Waals surface area (Å²) >= 11 is 0. The predicted molar refractivity (Wildman–Crippen MR) is 72.6 cm³/mol. The number of hydrogen-bond acceptors (Lipinski definition) is 6. The number of allylic oxidation sites excluding steroid dienone is 1. The van der Waals surface area contributed by atoms with Crippen LogP contribution < -0.4 is 0 Å². The van der Waals surface area contributed by atoms with Gasteiger partial charge < -0.3 is 0 Å². The van der Waals surface area contributed by atoms with Crippen LogP contribution in [0.5, 0.6) is 0 Å². The molecule has 0 amide bonds. The standard InChI is InChI=1S/C12H12N4O3S/c1-10-2-4-12(5-3-10)20(18,19)15-14-8-11-6-7-13-9-16(11)17/h2-9,17H,1H3/b11-8+,15-14?. The molecule has 104 valence electrons. The number of aliphatic imine (C=N–C) groups is 1. The van der Waals surface area contributed by atoms with Crippen LogP contribution >= 0.6 is 0 Å². The fourth-order valence-electron chi connectivity index (χ4n) is 1.37. The molecular formula is C12H12N4O3S. The van der Waals surface area contributed by atoms with Gasteiger partial charge in [-0.1, -0.05) is 22.2 Å². The summed E-state index contributed by atoms with van der Waals surface area (Å²) in [4.78, 5) is 3.72. The number of benzene rings is 1. The van der Waals surface area contributed by atoms with Gasteiger partial charge in [-0.05, 0) is 25.1 Å². The summed E-state index contributed by atoms with van der Waals surface area (Å²) in [7, 11) is -3.84. The Bertz CT molecular complexity index is 703. The zero-order chi connectivity index (χ0) is 14.6. The first kappa shape index (κ1) is 14.1. The van der Waals surface area contributed by atoms with Gasteiger partial charge in [-0.25, -0.2) is 10.1 Å². The molecule has 1 aliphatic heterocycles. The first-order valence-corrected chi connectivity index (χ1v) is 7.05. The van der Waals surface area contributed by atoms with Gasteiger partial charge in [0.15, 0.2) is 0 Å². The van der Waals surface area contributed by atoms with Gasteiger partial charge in [-0.2, -0.15) is 8.42 Å². The summed E-state index contributed by atoms with van der Waals surface area (Å²) in [6.45, 7) is 1.86. The van der Waals surface area contributed by atoms with Crippen LogP contribution in [0.25, 0.3) is 0 Å². The Balaban J connectivity index is 2.18. The van der Waals surface area contributed by atoms with E-state index in [9.17, 15) is 13.6 Å². The summed E-state index contributed by atoms with van der Waals surface area (Å²) in [5.41, 5.74) is 1.20. The largest absolute Gasteiger partial charge is 0.299 e. The van der Waals surface area contributed by atoms with Gasteiger partial charge in [-0.3, -0.25) is 5.21 Å². The van der Waals surface area contributed by atoms with Crippen LogP contribution in [-0.2, 0) is 10.0 Å². The van der Waals surface area contributed by atoms with E-state index >= 15 is 0 Å². The summed E-state index contributed by atoms with van der Waals surface area (Å²) in [6, 6.07) is 6.28. The van der Waals surface area contributed by atoms with Gasteiger partial charge in [0, 0.05) is 6.20 Å². The van der Waals surface area contributed by atoms with Crippen LogP contribution in [0.2, 0.25) is 0 Å².